The number of rotatable bonds is 0. The van der Waals surface area contributed by atoms with Crippen molar-refractivity contribution in [3.05, 3.63) is 61.3 Å². The van der Waals surface area contributed by atoms with Gasteiger partial charge in [-0.3, -0.25) is 0 Å². The molecule has 0 bridgehead atoms. The Morgan fingerprint density at radius 1 is 0.455 bits per heavy atom. The zero-order valence-corrected chi connectivity index (χ0v) is 13.0. The average molecular weight is 464 g/mol. The first-order chi connectivity index (χ1) is 6.93. The summed E-state index contributed by atoms with van der Waals surface area (Å²) in [6.45, 7) is 0. The quantitative estimate of drug-likeness (QED) is 0.251. The van der Waals surface area contributed by atoms with Gasteiger partial charge in [0.05, 0.1) is 20.3 Å². The molecule has 0 aliphatic heterocycles. The summed E-state index contributed by atoms with van der Waals surface area (Å²) >= 11 is 0. The second kappa shape index (κ2) is 61.0. The molecule has 22 heteroatoms. The van der Waals surface area contributed by atoms with E-state index in [1.807, 2.05) is 0 Å². The molecule has 0 saturated heterocycles. The van der Waals surface area contributed by atoms with Crippen LogP contribution in [0.2, 0.25) is 0 Å². The third-order valence-electron chi connectivity index (χ3n) is 0. The fraction of sp³-hybridized carbons (Fsp3) is 0. The molecule has 0 rings (SSSR count). The van der Waals surface area contributed by atoms with Gasteiger partial charge in [-0.05, 0) is 0 Å². The zero-order chi connectivity index (χ0) is 14.3. The van der Waals surface area contributed by atoms with Crippen LogP contribution < -0.4 is 6.15 Å². The molecule has 0 unspecified atom stereocenters. The third kappa shape index (κ3) is 1750. The van der Waals surface area contributed by atoms with E-state index < -0.39 is 20.3 Å². The van der Waals surface area contributed by atoms with E-state index in [0.717, 1.165) is 0 Å². The first-order valence-corrected chi connectivity index (χ1v) is 2.19. The molecule has 3 radical (unpaired) electrons. The van der Waals surface area contributed by atoms with Crippen molar-refractivity contribution in [3.63, 3.8) is 0 Å². The Bertz CT molecular complexity index is 169. The van der Waals surface area contributed by atoms with E-state index in [1.54, 1.807) is 0 Å². The fourth-order valence-electron chi connectivity index (χ4n) is 0. The number of nitrogens with zero attached hydrogens (tertiary/aromatic N) is 4. The fourth-order valence-corrected chi connectivity index (χ4v) is 0. The normalized spacial score (nSPS) is 4.36. The Morgan fingerprint density at radius 3 is 0.455 bits per heavy atom. The minimum atomic E-state index is -1.75. The number of hydrogen-bond donors (Lipinski definition) is 1. The van der Waals surface area contributed by atoms with Crippen molar-refractivity contribution >= 4 is 0 Å². The smallest absolute Gasteiger partial charge is 0.870 e. The van der Waals surface area contributed by atoms with E-state index in [0.29, 0.717) is 0 Å². The maximum Gasteiger partial charge on any atom is 2.00 e. The summed E-state index contributed by atoms with van der Waals surface area (Å²) in [4.78, 5) is 33.0. The predicted molar refractivity (Wildman–Crippen MR) is 50.3 cm³/mol. The van der Waals surface area contributed by atoms with E-state index >= 15 is 0 Å². The molecule has 139 valence electrons. The molecule has 0 amide bonds. The average Bonchev–Trinajstić information content (AvgIpc) is 1.76. The molecule has 0 aromatic heterocycles. The molecule has 0 heterocycles. The van der Waals surface area contributed by atoms with Crippen LogP contribution in [0.5, 0.6) is 0 Å². The van der Waals surface area contributed by atoms with Crippen molar-refractivity contribution in [1.82, 2.24) is 6.15 Å². The number of hydrogen-bond acceptors (Lipinski definition) is 15. The van der Waals surface area contributed by atoms with Gasteiger partial charge in [-0.1, -0.05) is 0 Å². The molecular weight excluding hydrogens is 459 g/mol. The SMILES string of the molecule is N.O=[N+]([O-])[O-].O=[N+]([O-])[O-].O=[N+]([O-])[O-].O=[N+]([O-])[O-].[Mn+2].[Mn].[Mn].[OH-].[OH-]. The van der Waals surface area contributed by atoms with Crippen molar-refractivity contribution in [2.45, 2.75) is 0 Å². The van der Waals surface area contributed by atoms with E-state index in [9.17, 15) is 0 Å². The van der Waals surface area contributed by atoms with Gasteiger partial charge in [0, 0.05) is 34.1 Å². The van der Waals surface area contributed by atoms with Crippen LogP contribution in [-0.2, 0) is 51.2 Å². The largest absolute Gasteiger partial charge is 2.00 e. The van der Waals surface area contributed by atoms with Gasteiger partial charge in [0.15, 0.2) is 0 Å². The summed E-state index contributed by atoms with van der Waals surface area (Å²) < 4.78 is 0. The van der Waals surface area contributed by atoms with Crippen molar-refractivity contribution in [1.29, 1.82) is 0 Å². The van der Waals surface area contributed by atoms with E-state index in [2.05, 4.69) is 0 Å². The second-order valence-corrected chi connectivity index (χ2v) is 0.894. The third-order valence-corrected chi connectivity index (χ3v) is 0. The summed E-state index contributed by atoms with van der Waals surface area (Å²) in [5.41, 5.74) is 0. The van der Waals surface area contributed by atoms with Crippen LogP contribution in [0, 0.1) is 61.3 Å². The van der Waals surface area contributed by atoms with Crippen LogP contribution in [0.25, 0.3) is 0 Å². The van der Waals surface area contributed by atoms with Gasteiger partial charge >= 0.3 is 17.1 Å². The van der Waals surface area contributed by atoms with Crippen LogP contribution in [-0.4, -0.2) is 31.3 Å². The second-order valence-electron chi connectivity index (χ2n) is 0.894. The van der Waals surface area contributed by atoms with E-state index in [1.165, 1.54) is 0 Å². The molecule has 0 atom stereocenters. The standard InChI is InChI=1S/3Mn.4NO3.H3N.2H2O/c;;;4*2-1(3)4;;;/h;;;;;;;1H3;2*1H2/q;;+2;4*-1;;;/p-2. The molecule has 0 fully saturated rings. The van der Waals surface area contributed by atoms with Crippen LogP contribution >= 0.6 is 0 Å². The molecule has 0 saturated carbocycles. The predicted octanol–water partition coefficient (Wildman–Crippen LogP) is -1.16. The maximum absolute atomic E-state index is 8.25. The van der Waals surface area contributed by atoms with Gasteiger partial charge in [-0.2, -0.15) is 0 Å². The molecule has 0 spiro atoms. The summed E-state index contributed by atoms with van der Waals surface area (Å²) in [5, 5.41) is 59.0. The first-order valence-electron chi connectivity index (χ1n) is 2.19. The minimum Gasteiger partial charge on any atom is -0.870 e. The molecule has 0 aromatic rings. The Balaban J connectivity index is -0.00000001000. The van der Waals surface area contributed by atoms with Gasteiger partial charge in [-0.15, -0.1) is 0 Å². The molecule has 0 aliphatic carbocycles. The summed E-state index contributed by atoms with van der Waals surface area (Å²) in [6.07, 6.45) is 0. The van der Waals surface area contributed by atoms with Crippen molar-refractivity contribution in [3.8, 4) is 0 Å². The molecule has 0 aliphatic rings. The van der Waals surface area contributed by atoms with Crippen molar-refractivity contribution in [2.24, 2.45) is 0 Å². The Kier molecular flexibility index (Phi) is 198. The molecular formula is H5Mn3N5O14-4. The van der Waals surface area contributed by atoms with Crippen LogP contribution in [0.1, 0.15) is 0 Å². The van der Waals surface area contributed by atoms with Gasteiger partial charge in [0.25, 0.3) is 0 Å². The van der Waals surface area contributed by atoms with E-state index in [4.69, 9.17) is 61.3 Å². The van der Waals surface area contributed by atoms with Crippen LogP contribution in [0.15, 0.2) is 0 Å². The van der Waals surface area contributed by atoms with Crippen LogP contribution in [0.4, 0.5) is 0 Å². The zero-order valence-electron chi connectivity index (χ0n) is 9.42. The summed E-state index contributed by atoms with van der Waals surface area (Å²) in [7, 11) is 0. The Labute approximate surface area is 150 Å². The molecule has 0 aromatic carbocycles. The van der Waals surface area contributed by atoms with E-state index in [-0.39, 0.29) is 68.3 Å². The van der Waals surface area contributed by atoms with Crippen LogP contribution in [0.3, 0.4) is 0 Å². The molecule has 22 heavy (non-hydrogen) atoms. The Hall–Kier alpha value is -1.76. The van der Waals surface area contributed by atoms with Crippen molar-refractivity contribution in [2.75, 3.05) is 0 Å². The summed E-state index contributed by atoms with van der Waals surface area (Å²) in [6, 6.07) is 0. The van der Waals surface area contributed by atoms with Gasteiger partial charge in [0.1, 0.15) is 0 Å². The van der Waals surface area contributed by atoms with Crippen molar-refractivity contribution < 1.29 is 82.5 Å². The first kappa shape index (κ1) is 71.5. The maximum atomic E-state index is 8.25. The molecule has 5 N–H and O–H groups in total. The van der Waals surface area contributed by atoms with Gasteiger partial charge in [0.2, 0.25) is 0 Å². The monoisotopic (exact) mass is 464 g/mol. The van der Waals surface area contributed by atoms with Gasteiger partial charge < -0.3 is 78.4 Å². The molecule has 19 nitrogen and oxygen atoms in total. The minimum absolute atomic E-state index is 0. The topological polar surface area (TPSA) is 360 Å². The Morgan fingerprint density at radius 2 is 0.455 bits per heavy atom. The summed E-state index contributed by atoms with van der Waals surface area (Å²) in [5.74, 6) is 0. The van der Waals surface area contributed by atoms with Gasteiger partial charge in [-0.25, -0.2) is 0 Å².